The van der Waals surface area contributed by atoms with Crippen molar-refractivity contribution in [2.45, 2.75) is 11.4 Å². The Morgan fingerprint density at radius 2 is 2.00 bits per heavy atom. The molecule has 1 aliphatic carbocycles. The van der Waals surface area contributed by atoms with Gasteiger partial charge in [0.05, 0.1) is 11.4 Å². The summed E-state index contributed by atoms with van der Waals surface area (Å²) in [5.74, 6) is 0. The Bertz CT molecular complexity index is 140. The standard InChI is InChI=1S/C7H10OS/c1-9-7-5-3-2-4-6(7)8/h2-8H,1H3. The van der Waals surface area contributed by atoms with Crippen LogP contribution in [0.4, 0.5) is 0 Å². The van der Waals surface area contributed by atoms with E-state index in [9.17, 15) is 5.11 Å². The predicted octanol–water partition coefficient (Wildman–Crippen LogP) is 1.20. The third kappa shape index (κ3) is 1.60. The van der Waals surface area contributed by atoms with E-state index in [1.54, 1.807) is 17.8 Å². The van der Waals surface area contributed by atoms with Crippen molar-refractivity contribution in [3.05, 3.63) is 24.3 Å². The molecule has 0 fully saturated rings. The maximum absolute atomic E-state index is 9.21. The van der Waals surface area contributed by atoms with E-state index in [1.165, 1.54) is 0 Å². The van der Waals surface area contributed by atoms with Crippen molar-refractivity contribution >= 4 is 11.8 Å². The lowest BCUT2D eigenvalue weighted by molar-refractivity contribution is 0.231. The molecule has 2 atom stereocenters. The second-order valence-electron chi connectivity index (χ2n) is 1.96. The molecule has 1 rings (SSSR count). The molecule has 9 heavy (non-hydrogen) atoms. The Morgan fingerprint density at radius 3 is 2.44 bits per heavy atom. The highest BCUT2D eigenvalue weighted by atomic mass is 32.2. The number of hydrogen-bond acceptors (Lipinski definition) is 2. The minimum absolute atomic E-state index is 0.259. The van der Waals surface area contributed by atoms with Crippen molar-refractivity contribution in [3.63, 3.8) is 0 Å². The van der Waals surface area contributed by atoms with Crippen LogP contribution in [0.2, 0.25) is 0 Å². The molecule has 1 aliphatic rings. The zero-order valence-corrected chi connectivity index (χ0v) is 6.14. The first-order chi connectivity index (χ1) is 4.34. The monoisotopic (exact) mass is 142 g/mol. The van der Waals surface area contributed by atoms with Crippen LogP contribution in [-0.2, 0) is 0 Å². The van der Waals surface area contributed by atoms with Gasteiger partial charge in [0.25, 0.3) is 0 Å². The average molecular weight is 142 g/mol. The zero-order chi connectivity index (χ0) is 6.69. The van der Waals surface area contributed by atoms with Crippen molar-refractivity contribution in [1.29, 1.82) is 0 Å². The highest BCUT2D eigenvalue weighted by Gasteiger charge is 2.12. The van der Waals surface area contributed by atoms with E-state index in [0.717, 1.165) is 0 Å². The minimum Gasteiger partial charge on any atom is -0.388 e. The minimum atomic E-state index is -0.287. The first kappa shape index (κ1) is 6.90. The summed E-state index contributed by atoms with van der Waals surface area (Å²) >= 11 is 1.67. The van der Waals surface area contributed by atoms with Crippen molar-refractivity contribution in [2.75, 3.05) is 6.26 Å². The van der Waals surface area contributed by atoms with Gasteiger partial charge in [0.1, 0.15) is 0 Å². The van der Waals surface area contributed by atoms with E-state index < -0.39 is 0 Å². The molecule has 0 heterocycles. The van der Waals surface area contributed by atoms with Gasteiger partial charge in [0, 0.05) is 0 Å². The zero-order valence-electron chi connectivity index (χ0n) is 5.32. The molecule has 0 aromatic carbocycles. The summed E-state index contributed by atoms with van der Waals surface area (Å²) in [6.45, 7) is 0. The van der Waals surface area contributed by atoms with Gasteiger partial charge in [-0.25, -0.2) is 0 Å². The summed E-state index contributed by atoms with van der Waals surface area (Å²) in [4.78, 5) is 0. The fourth-order valence-electron chi connectivity index (χ4n) is 0.793. The molecule has 50 valence electrons. The number of rotatable bonds is 1. The number of thioether (sulfide) groups is 1. The predicted molar refractivity (Wildman–Crippen MR) is 41.6 cm³/mol. The summed E-state index contributed by atoms with van der Waals surface area (Å²) in [5, 5.41) is 9.47. The Labute approximate surface area is 59.5 Å². The highest BCUT2D eigenvalue weighted by Crippen LogP contribution is 2.16. The van der Waals surface area contributed by atoms with Gasteiger partial charge < -0.3 is 5.11 Å². The van der Waals surface area contributed by atoms with E-state index in [4.69, 9.17) is 0 Å². The van der Waals surface area contributed by atoms with Crippen molar-refractivity contribution in [1.82, 2.24) is 0 Å². The molecule has 0 saturated heterocycles. The topological polar surface area (TPSA) is 20.2 Å². The molecule has 1 nitrogen and oxygen atoms in total. The SMILES string of the molecule is CSC1C=CC=CC1O. The Balaban J connectivity index is 2.55. The number of aliphatic hydroxyl groups is 1. The van der Waals surface area contributed by atoms with E-state index in [2.05, 4.69) is 0 Å². The van der Waals surface area contributed by atoms with Crippen LogP contribution in [-0.4, -0.2) is 22.7 Å². The third-order valence-corrected chi connectivity index (χ3v) is 2.31. The molecule has 2 unspecified atom stereocenters. The van der Waals surface area contributed by atoms with Gasteiger partial charge in [-0.05, 0) is 6.26 Å². The van der Waals surface area contributed by atoms with Crippen LogP contribution in [0.15, 0.2) is 24.3 Å². The summed E-state index contributed by atoms with van der Waals surface area (Å²) < 4.78 is 0. The number of aliphatic hydroxyl groups excluding tert-OH is 1. The van der Waals surface area contributed by atoms with Crippen molar-refractivity contribution in [3.8, 4) is 0 Å². The van der Waals surface area contributed by atoms with Crippen molar-refractivity contribution in [2.24, 2.45) is 0 Å². The van der Waals surface area contributed by atoms with Crippen molar-refractivity contribution < 1.29 is 5.11 Å². The Hall–Kier alpha value is -0.210. The van der Waals surface area contributed by atoms with Gasteiger partial charge in [0.15, 0.2) is 0 Å². The normalized spacial score (nSPS) is 33.1. The molecule has 0 aromatic rings. The second-order valence-corrected chi connectivity index (χ2v) is 2.98. The fourth-order valence-corrected chi connectivity index (χ4v) is 1.41. The van der Waals surface area contributed by atoms with E-state index >= 15 is 0 Å². The third-order valence-electron chi connectivity index (χ3n) is 1.33. The van der Waals surface area contributed by atoms with Crippen LogP contribution in [0.3, 0.4) is 0 Å². The van der Waals surface area contributed by atoms with Gasteiger partial charge in [-0.1, -0.05) is 24.3 Å². The Kier molecular flexibility index (Phi) is 2.37. The van der Waals surface area contributed by atoms with Gasteiger partial charge >= 0.3 is 0 Å². The molecular formula is C7H10OS. The lowest BCUT2D eigenvalue weighted by atomic mass is 10.1. The molecular weight excluding hydrogens is 132 g/mol. The van der Waals surface area contributed by atoms with Gasteiger partial charge in [-0.3, -0.25) is 0 Å². The Morgan fingerprint density at radius 1 is 1.33 bits per heavy atom. The first-order valence-electron chi connectivity index (χ1n) is 2.90. The summed E-state index contributed by atoms with van der Waals surface area (Å²) in [6, 6.07) is 0. The maximum atomic E-state index is 9.21. The summed E-state index contributed by atoms with van der Waals surface area (Å²) in [6.07, 6.45) is 9.36. The van der Waals surface area contributed by atoms with Crippen LogP contribution < -0.4 is 0 Å². The number of hydrogen-bond donors (Lipinski definition) is 1. The molecule has 0 bridgehead atoms. The van der Waals surface area contributed by atoms with Crippen LogP contribution in [0.5, 0.6) is 0 Å². The molecule has 0 spiro atoms. The van der Waals surface area contributed by atoms with Crippen LogP contribution >= 0.6 is 11.8 Å². The highest BCUT2D eigenvalue weighted by molar-refractivity contribution is 7.99. The maximum Gasteiger partial charge on any atom is 0.0877 e. The summed E-state index contributed by atoms with van der Waals surface area (Å²) in [7, 11) is 0. The molecule has 2 heteroatoms. The van der Waals surface area contributed by atoms with Crippen LogP contribution in [0.1, 0.15) is 0 Å². The van der Waals surface area contributed by atoms with Crippen LogP contribution in [0, 0.1) is 0 Å². The van der Waals surface area contributed by atoms with Gasteiger partial charge in [-0.15, -0.1) is 0 Å². The van der Waals surface area contributed by atoms with Crippen LogP contribution in [0.25, 0.3) is 0 Å². The van der Waals surface area contributed by atoms with Gasteiger partial charge in [-0.2, -0.15) is 11.8 Å². The lowest BCUT2D eigenvalue weighted by Crippen LogP contribution is -2.19. The average Bonchev–Trinajstić information content (AvgIpc) is 1.89. The molecule has 0 amide bonds. The molecule has 0 radical (unpaired) electrons. The molecule has 0 saturated carbocycles. The molecule has 1 N–H and O–H groups in total. The van der Waals surface area contributed by atoms with E-state index in [0.29, 0.717) is 0 Å². The van der Waals surface area contributed by atoms with E-state index in [-0.39, 0.29) is 11.4 Å². The summed E-state index contributed by atoms with van der Waals surface area (Å²) in [5.41, 5.74) is 0. The lowest BCUT2D eigenvalue weighted by Gasteiger charge is -2.15. The smallest absolute Gasteiger partial charge is 0.0877 e. The molecule has 0 aromatic heterocycles. The van der Waals surface area contributed by atoms with E-state index in [1.807, 2.05) is 24.5 Å². The molecule has 0 aliphatic heterocycles. The fraction of sp³-hybridized carbons (Fsp3) is 0.429. The first-order valence-corrected chi connectivity index (χ1v) is 4.19. The largest absolute Gasteiger partial charge is 0.388 e. The quantitative estimate of drug-likeness (QED) is 0.593. The van der Waals surface area contributed by atoms with Gasteiger partial charge in [0.2, 0.25) is 0 Å². The second kappa shape index (κ2) is 3.08. The number of allylic oxidation sites excluding steroid dienone is 2.